The number of amides is 3. The highest BCUT2D eigenvalue weighted by atomic mass is 16.5. The first kappa shape index (κ1) is 22.7. The van der Waals surface area contributed by atoms with Gasteiger partial charge in [-0.3, -0.25) is 14.4 Å². The van der Waals surface area contributed by atoms with Gasteiger partial charge in [-0.25, -0.2) is 0 Å². The molecule has 2 aromatic rings. The van der Waals surface area contributed by atoms with Crippen LogP contribution in [-0.4, -0.2) is 44.5 Å². The molecule has 0 spiro atoms. The van der Waals surface area contributed by atoms with Crippen molar-refractivity contribution in [2.24, 2.45) is 5.92 Å². The molecule has 2 N–H and O–H groups in total. The molecule has 0 aromatic heterocycles. The van der Waals surface area contributed by atoms with Crippen molar-refractivity contribution in [3.8, 4) is 23.3 Å². The fraction of sp³-hybridized carbons (Fsp3) is 0.292. The van der Waals surface area contributed by atoms with Crippen LogP contribution < -0.4 is 25.0 Å². The molecule has 1 atom stereocenters. The number of anilines is 2. The molecule has 8 heteroatoms. The summed E-state index contributed by atoms with van der Waals surface area (Å²) in [5, 5.41) is 5.43. The first-order valence-electron chi connectivity index (χ1n) is 10.1. The first-order valence-corrected chi connectivity index (χ1v) is 10.1. The van der Waals surface area contributed by atoms with E-state index >= 15 is 0 Å². The fourth-order valence-electron chi connectivity index (χ4n) is 3.27. The molecule has 3 amide bonds. The molecule has 1 aliphatic heterocycles. The summed E-state index contributed by atoms with van der Waals surface area (Å²) in [7, 11) is 1.58. The summed E-state index contributed by atoms with van der Waals surface area (Å²) in [4.78, 5) is 37.4. The van der Waals surface area contributed by atoms with Gasteiger partial charge in [-0.2, -0.15) is 0 Å². The van der Waals surface area contributed by atoms with Crippen molar-refractivity contribution in [2.75, 3.05) is 37.0 Å². The summed E-state index contributed by atoms with van der Waals surface area (Å²) in [6, 6.07) is 14.2. The Morgan fingerprint density at radius 2 is 1.91 bits per heavy atom. The molecule has 8 nitrogen and oxygen atoms in total. The second-order valence-electron chi connectivity index (χ2n) is 7.17. The molecule has 1 unspecified atom stereocenters. The second kappa shape index (κ2) is 10.9. The molecule has 0 saturated carbocycles. The van der Waals surface area contributed by atoms with Gasteiger partial charge in [-0.1, -0.05) is 17.9 Å². The number of hydrogen-bond donors (Lipinski definition) is 2. The zero-order valence-electron chi connectivity index (χ0n) is 18.0. The van der Waals surface area contributed by atoms with Crippen LogP contribution in [0.5, 0.6) is 11.5 Å². The number of rotatable bonds is 7. The smallest absolute Gasteiger partial charge is 0.227 e. The van der Waals surface area contributed by atoms with Crippen LogP contribution in [0.3, 0.4) is 0 Å². The van der Waals surface area contributed by atoms with E-state index in [2.05, 4.69) is 22.5 Å². The molecule has 0 radical (unpaired) electrons. The number of hydrogen-bond acceptors (Lipinski definition) is 5. The Hall–Kier alpha value is -3.99. The third-order valence-corrected chi connectivity index (χ3v) is 4.82. The van der Waals surface area contributed by atoms with Crippen molar-refractivity contribution in [1.29, 1.82) is 0 Å². The van der Waals surface area contributed by atoms with Crippen LogP contribution >= 0.6 is 0 Å². The molecule has 1 heterocycles. The lowest BCUT2D eigenvalue weighted by Crippen LogP contribution is -2.33. The monoisotopic (exact) mass is 435 g/mol. The normalized spacial score (nSPS) is 14.9. The van der Waals surface area contributed by atoms with Crippen molar-refractivity contribution in [3.63, 3.8) is 0 Å². The van der Waals surface area contributed by atoms with E-state index in [1.807, 2.05) is 0 Å². The third kappa shape index (κ3) is 6.25. The molecule has 0 aliphatic carbocycles. The van der Waals surface area contributed by atoms with Crippen LogP contribution in [-0.2, 0) is 14.4 Å². The van der Waals surface area contributed by atoms with E-state index in [1.165, 1.54) is 6.92 Å². The molecule has 2 aromatic carbocycles. The summed E-state index contributed by atoms with van der Waals surface area (Å²) in [5.74, 6) is 6.09. The number of benzene rings is 2. The average Bonchev–Trinajstić information content (AvgIpc) is 3.17. The summed E-state index contributed by atoms with van der Waals surface area (Å²) in [6.07, 6.45) is 0.166. The number of nitrogens with zero attached hydrogens (tertiary/aromatic N) is 1. The SMILES string of the molecule is COc1ccc(N2CC(C(=O)NCC#CCOc3cccc(NC(C)=O)c3)CC2=O)cc1. The zero-order valence-corrected chi connectivity index (χ0v) is 18.0. The van der Waals surface area contributed by atoms with E-state index in [1.54, 1.807) is 60.5 Å². The lowest BCUT2D eigenvalue weighted by atomic mass is 10.1. The van der Waals surface area contributed by atoms with Crippen molar-refractivity contribution >= 4 is 29.1 Å². The van der Waals surface area contributed by atoms with Gasteiger partial charge in [0.1, 0.15) is 18.1 Å². The Kier molecular flexibility index (Phi) is 7.70. The minimum atomic E-state index is -0.417. The number of carbonyl (C=O) groups excluding carboxylic acids is 3. The van der Waals surface area contributed by atoms with Gasteiger partial charge >= 0.3 is 0 Å². The average molecular weight is 435 g/mol. The minimum Gasteiger partial charge on any atom is -0.497 e. The summed E-state index contributed by atoms with van der Waals surface area (Å²) in [5.41, 5.74) is 1.38. The fourth-order valence-corrected chi connectivity index (χ4v) is 3.27. The third-order valence-electron chi connectivity index (χ3n) is 4.82. The molecule has 0 bridgehead atoms. The Morgan fingerprint density at radius 3 is 2.62 bits per heavy atom. The summed E-state index contributed by atoms with van der Waals surface area (Å²) < 4.78 is 10.7. The summed E-state index contributed by atoms with van der Waals surface area (Å²) in [6.45, 7) is 2.08. The highest BCUT2D eigenvalue weighted by molar-refractivity contribution is 6.00. The van der Waals surface area contributed by atoms with E-state index in [0.29, 0.717) is 23.7 Å². The van der Waals surface area contributed by atoms with E-state index < -0.39 is 5.92 Å². The molecular weight excluding hydrogens is 410 g/mol. The highest BCUT2D eigenvalue weighted by Gasteiger charge is 2.34. The Balaban J connectivity index is 1.42. The van der Waals surface area contributed by atoms with Crippen LogP contribution in [0.25, 0.3) is 0 Å². The Bertz CT molecular complexity index is 1040. The molecule has 3 rings (SSSR count). The van der Waals surface area contributed by atoms with E-state index in [0.717, 1.165) is 5.69 Å². The van der Waals surface area contributed by atoms with Crippen molar-refractivity contribution in [3.05, 3.63) is 48.5 Å². The lowest BCUT2D eigenvalue weighted by Gasteiger charge is -2.16. The van der Waals surface area contributed by atoms with Gasteiger partial charge in [-0.15, -0.1) is 0 Å². The summed E-state index contributed by atoms with van der Waals surface area (Å²) >= 11 is 0. The lowest BCUT2D eigenvalue weighted by molar-refractivity contribution is -0.126. The maximum absolute atomic E-state index is 12.4. The van der Waals surface area contributed by atoms with Crippen LogP contribution in [0.15, 0.2) is 48.5 Å². The number of nitrogens with one attached hydrogen (secondary N) is 2. The number of methoxy groups -OCH3 is 1. The van der Waals surface area contributed by atoms with Gasteiger partial charge < -0.3 is 25.0 Å². The van der Waals surface area contributed by atoms with E-state index in [4.69, 9.17) is 9.47 Å². The minimum absolute atomic E-state index is 0.0868. The Morgan fingerprint density at radius 1 is 1.12 bits per heavy atom. The number of ether oxygens (including phenoxy) is 2. The van der Waals surface area contributed by atoms with Gasteiger partial charge in [-0.05, 0) is 36.4 Å². The topological polar surface area (TPSA) is 97.0 Å². The molecule has 32 heavy (non-hydrogen) atoms. The predicted molar refractivity (Wildman–Crippen MR) is 120 cm³/mol. The molecule has 1 saturated heterocycles. The first-order chi connectivity index (χ1) is 15.5. The Labute approximate surface area is 186 Å². The van der Waals surface area contributed by atoms with E-state index in [-0.39, 0.29) is 37.3 Å². The van der Waals surface area contributed by atoms with Crippen molar-refractivity contribution in [1.82, 2.24) is 5.32 Å². The molecule has 166 valence electrons. The van der Waals surface area contributed by atoms with Crippen LogP contribution in [0.4, 0.5) is 11.4 Å². The maximum atomic E-state index is 12.4. The van der Waals surface area contributed by atoms with Gasteiger partial charge in [0.2, 0.25) is 17.7 Å². The standard InChI is InChI=1S/C24H25N3O5/c1-17(28)26-19-6-5-7-22(15-19)32-13-4-3-12-25-24(30)18-14-23(29)27(16-18)20-8-10-21(31-2)11-9-20/h5-11,15,18H,12-14,16H2,1-2H3,(H,25,30)(H,26,28). The highest BCUT2D eigenvalue weighted by Crippen LogP contribution is 2.26. The molecular formula is C24H25N3O5. The second-order valence-corrected chi connectivity index (χ2v) is 7.17. The zero-order chi connectivity index (χ0) is 22.9. The van der Waals surface area contributed by atoms with Gasteiger partial charge in [0.25, 0.3) is 0 Å². The van der Waals surface area contributed by atoms with Crippen LogP contribution in [0.2, 0.25) is 0 Å². The largest absolute Gasteiger partial charge is 0.497 e. The van der Waals surface area contributed by atoms with Crippen molar-refractivity contribution < 1.29 is 23.9 Å². The maximum Gasteiger partial charge on any atom is 0.227 e. The van der Waals surface area contributed by atoms with Gasteiger partial charge in [0.15, 0.2) is 0 Å². The van der Waals surface area contributed by atoms with E-state index in [9.17, 15) is 14.4 Å². The van der Waals surface area contributed by atoms with Crippen LogP contribution in [0.1, 0.15) is 13.3 Å². The van der Waals surface area contributed by atoms with Crippen LogP contribution in [0, 0.1) is 17.8 Å². The van der Waals surface area contributed by atoms with Gasteiger partial charge in [0, 0.05) is 37.3 Å². The van der Waals surface area contributed by atoms with Gasteiger partial charge in [0.05, 0.1) is 19.6 Å². The van der Waals surface area contributed by atoms with Crippen molar-refractivity contribution in [2.45, 2.75) is 13.3 Å². The molecule has 1 aliphatic rings. The molecule has 1 fully saturated rings. The predicted octanol–water partition coefficient (Wildman–Crippen LogP) is 2.21. The number of carbonyl (C=O) groups is 3. The quantitative estimate of drug-likeness (QED) is 0.650.